The average molecular weight is 275 g/mol. The first kappa shape index (κ1) is 15.3. The molecular formula is C12H16F3N3O. The number of nitrogens with two attached hydrogens (primary N) is 1. The van der Waals surface area contributed by atoms with E-state index in [1.807, 2.05) is 5.43 Å². The molecule has 1 rings (SSSR count). The van der Waals surface area contributed by atoms with Crippen LogP contribution < -0.4 is 11.3 Å². The molecule has 0 aromatic heterocycles. The summed E-state index contributed by atoms with van der Waals surface area (Å²) in [6, 6.07) is 3.29. The Hall–Kier alpha value is -1.76. The largest absolute Gasteiger partial charge is 0.418 e. The normalized spacial score (nSPS) is 11.3. The standard InChI is InChI=1S/C12H16F3N3O/c1-3-18(4-2)11(19)8-5-6-10(17-16)9(7-8)12(13,14)15/h5-7,17H,3-4,16H2,1-2H3. The lowest BCUT2D eigenvalue weighted by Gasteiger charge is -2.20. The Bertz CT molecular complexity index is 456. The first-order valence-corrected chi connectivity index (χ1v) is 5.82. The number of anilines is 1. The molecule has 0 heterocycles. The van der Waals surface area contributed by atoms with Crippen LogP contribution in [0.2, 0.25) is 0 Å². The van der Waals surface area contributed by atoms with Gasteiger partial charge in [0.2, 0.25) is 0 Å². The number of rotatable bonds is 4. The Kier molecular flexibility index (Phi) is 4.77. The molecule has 0 saturated heterocycles. The Balaban J connectivity index is 3.22. The summed E-state index contributed by atoms with van der Waals surface area (Å²) in [5.74, 6) is 4.61. The van der Waals surface area contributed by atoms with Gasteiger partial charge in [-0.15, -0.1) is 0 Å². The van der Waals surface area contributed by atoms with Crippen LogP contribution in [-0.2, 0) is 6.18 Å². The number of halogens is 3. The molecule has 3 N–H and O–H groups in total. The molecule has 0 fully saturated rings. The van der Waals surface area contributed by atoms with Crippen LogP contribution in [0.1, 0.15) is 29.8 Å². The summed E-state index contributed by atoms with van der Waals surface area (Å²) >= 11 is 0. The number of nitrogens with one attached hydrogen (secondary N) is 1. The second-order valence-corrected chi connectivity index (χ2v) is 3.88. The highest BCUT2D eigenvalue weighted by atomic mass is 19.4. The highest BCUT2D eigenvalue weighted by Crippen LogP contribution is 2.35. The van der Waals surface area contributed by atoms with Gasteiger partial charge in [-0.25, -0.2) is 0 Å². The van der Waals surface area contributed by atoms with Gasteiger partial charge in [0.25, 0.3) is 5.91 Å². The van der Waals surface area contributed by atoms with E-state index < -0.39 is 17.6 Å². The van der Waals surface area contributed by atoms with Crippen LogP contribution in [0.3, 0.4) is 0 Å². The van der Waals surface area contributed by atoms with Gasteiger partial charge in [0.05, 0.1) is 11.3 Å². The number of hydrogen-bond acceptors (Lipinski definition) is 3. The highest BCUT2D eigenvalue weighted by molar-refractivity contribution is 5.95. The van der Waals surface area contributed by atoms with E-state index in [0.29, 0.717) is 13.1 Å². The maximum atomic E-state index is 12.8. The molecule has 1 aromatic rings. The summed E-state index contributed by atoms with van der Waals surface area (Å²) in [6.07, 6.45) is -4.57. The number of hydrazine groups is 1. The van der Waals surface area contributed by atoms with Crippen molar-refractivity contribution >= 4 is 11.6 Å². The molecule has 19 heavy (non-hydrogen) atoms. The number of amides is 1. The molecule has 0 unspecified atom stereocenters. The first-order chi connectivity index (χ1) is 8.85. The van der Waals surface area contributed by atoms with Gasteiger partial charge in [-0.1, -0.05) is 0 Å². The minimum absolute atomic E-state index is 0.00461. The Morgan fingerprint density at radius 2 is 1.89 bits per heavy atom. The van der Waals surface area contributed by atoms with Crippen molar-refractivity contribution in [3.63, 3.8) is 0 Å². The summed E-state index contributed by atoms with van der Waals surface area (Å²) < 4.78 is 38.5. The Morgan fingerprint density at radius 1 is 1.32 bits per heavy atom. The number of nitrogens with zero attached hydrogens (tertiary/aromatic N) is 1. The summed E-state index contributed by atoms with van der Waals surface area (Å²) in [5, 5.41) is 0. The number of carbonyl (C=O) groups excluding carboxylic acids is 1. The van der Waals surface area contributed by atoms with Crippen molar-refractivity contribution < 1.29 is 18.0 Å². The van der Waals surface area contributed by atoms with Crippen LogP contribution >= 0.6 is 0 Å². The number of benzene rings is 1. The summed E-state index contributed by atoms with van der Waals surface area (Å²) in [6.45, 7) is 4.41. The van der Waals surface area contributed by atoms with Crippen molar-refractivity contribution in [2.75, 3.05) is 18.5 Å². The van der Waals surface area contributed by atoms with Crippen LogP contribution in [0, 0.1) is 0 Å². The molecule has 0 spiro atoms. The van der Waals surface area contributed by atoms with Gasteiger partial charge < -0.3 is 10.3 Å². The second kappa shape index (κ2) is 5.92. The average Bonchev–Trinajstić information content (AvgIpc) is 2.38. The molecule has 1 aromatic carbocycles. The van der Waals surface area contributed by atoms with Crippen molar-refractivity contribution in [3.8, 4) is 0 Å². The fourth-order valence-corrected chi connectivity index (χ4v) is 1.73. The molecule has 0 aliphatic rings. The van der Waals surface area contributed by atoms with Crippen LogP contribution in [0.5, 0.6) is 0 Å². The predicted octanol–water partition coefficient (Wildman–Crippen LogP) is 2.47. The molecule has 1 amide bonds. The Morgan fingerprint density at radius 3 is 2.32 bits per heavy atom. The van der Waals surface area contributed by atoms with Crippen molar-refractivity contribution in [3.05, 3.63) is 29.3 Å². The van der Waals surface area contributed by atoms with Gasteiger partial charge in [-0.3, -0.25) is 10.6 Å². The zero-order valence-corrected chi connectivity index (χ0v) is 10.7. The summed E-state index contributed by atoms with van der Waals surface area (Å²) in [5.41, 5.74) is 0.764. The van der Waals surface area contributed by atoms with E-state index >= 15 is 0 Å². The smallest absolute Gasteiger partial charge is 0.339 e. The fourth-order valence-electron chi connectivity index (χ4n) is 1.73. The van der Waals surface area contributed by atoms with E-state index in [0.717, 1.165) is 12.1 Å². The molecule has 0 aliphatic heterocycles. The number of carbonyl (C=O) groups is 1. The van der Waals surface area contributed by atoms with E-state index in [4.69, 9.17) is 5.84 Å². The summed E-state index contributed by atoms with van der Waals surface area (Å²) in [7, 11) is 0. The fraction of sp³-hybridized carbons (Fsp3) is 0.417. The molecule has 0 saturated carbocycles. The van der Waals surface area contributed by atoms with E-state index in [1.54, 1.807) is 13.8 Å². The van der Waals surface area contributed by atoms with Crippen LogP contribution in [-0.4, -0.2) is 23.9 Å². The van der Waals surface area contributed by atoms with Gasteiger partial charge >= 0.3 is 6.18 Å². The SMILES string of the molecule is CCN(CC)C(=O)c1ccc(NN)c(C(F)(F)F)c1. The number of nitrogen functional groups attached to an aromatic ring is 1. The molecule has 0 radical (unpaired) electrons. The van der Waals surface area contributed by atoms with Gasteiger partial charge in [-0.05, 0) is 32.0 Å². The maximum absolute atomic E-state index is 12.8. The zero-order valence-electron chi connectivity index (χ0n) is 10.7. The van der Waals surface area contributed by atoms with Crippen LogP contribution in [0.4, 0.5) is 18.9 Å². The molecular weight excluding hydrogens is 259 g/mol. The van der Waals surface area contributed by atoms with Crippen molar-refractivity contribution in [2.45, 2.75) is 20.0 Å². The quantitative estimate of drug-likeness (QED) is 0.655. The third-order valence-corrected chi connectivity index (χ3v) is 2.78. The molecule has 0 atom stereocenters. The lowest BCUT2D eigenvalue weighted by atomic mass is 10.1. The van der Waals surface area contributed by atoms with E-state index in [-0.39, 0.29) is 11.3 Å². The third kappa shape index (κ3) is 3.37. The lowest BCUT2D eigenvalue weighted by Crippen LogP contribution is -2.30. The Labute approximate surface area is 109 Å². The number of hydrogen-bond donors (Lipinski definition) is 2. The first-order valence-electron chi connectivity index (χ1n) is 5.82. The van der Waals surface area contributed by atoms with Crippen LogP contribution in [0.25, 0.3) is 0 Å². The topological polar surface area (TPSA) is 58.4 Å². The highest BCUT2D eigenvalue weighted by Gasteiger charge is 2.34. The number of alkyl halides is 3. The monoisotopic (exact) mass is 275 g/mol. The van der Waals surface area contributed by atoms with Gasteiger partial charge in [-0.2, -0.15) is 13.2 Å². The zero-order chi connectivity index (χ0) is 14.6. The molecule has 4 nitrogen and oxygen atoms in total. The predicted molar refractivity (Wildman–Crippen MR) is 66.5 cm³/mol. The van der Waals surface area contributed by atoms with E-state index in [9.17, 15) is 18.0 Å². The van der Waals surface area contributed by atoms with E-state index in [2.05, 4.69) is 0 Å². The van der Waals surface area contributed by atoms with Gasteiger partial charge in [0.1, 0.15) is 0 Å². The minimum atomic E-state index is -4.57. The van der Waals surface area contributed by atoms with Gasteiger partial charge in [0.15, 0.2) is 0 Å². The maximum Gasteiger partial charge on any atom is 0.418 e. The van der Waals surface area contributed by atoms with Crippen molar-refractivity contribution in [1.29, 1.82) is 0 Å². The van der Waals surface area contributed by atoms with Crippen LogP contribution in [0.15, 0.2) is 18.2 Å². The summed E-state index contributed by atoms with van der Waals surface area (Å²) in [4.78, 5) is 13.4. The second-order valence-electron chi connectivity index (χ2n) is 3.88. The van der Waals surface area contributed by atoms with Crippen molar-refractivity contribution in [1.82, 2.24) is 4.90 Å². The van der Waals surface area contributed by atoms with E-state index in [1.165, 1.54) is 11.0 Å². The minimum Gasteiger partial charge on any atom is -0.339 e. The third-order valence-electron chi connectivity index (χ3n) is 2.78. The van der Waals surface area contributed by atoms with Gasteiger partial charge in [0, 0.05) is 18.7 Å². The van der Waals surface area contributed by atoms with Crippen molar-refractivity contribution in [2.24, 2.45) is 5.84 Å². The molecule has 106 valence electrons. The molecule has 0 aliphatic carbocycles. The lowest BCUT2D eigenvalue weighted by molar-refractivity contribution is -0.137. The molecule has 7 heteroatoms. The molecule has 0 bridgehead atoms.